The predicted octanol–water partition coefficient (Wildman–Crippen LogP) is 0.563. The van der Waals surface area contributed by atoms with Crippen LogP contribution in [0.2, 0.25) is 0 Å². The summed E-state index contributed by atoms with van der Waals surface area (Å²) < 4.78 is 12.7. The van der Waals surface area contributed by atoms with E-state index in [0.717, 1.165) is 0 Å². The summed E-state index contributed by atoms with van der Waals surface area (Å²) in [5.74, 6) is -0.410. The highest BCUT2D eigenvalue weighted by Gasteiger charge is 2.18. The standard InChI is InChI=1S/C10H15FN2O2/c1-10(15,6-14)5-13-9-3-2-7(11)4-8(9)12/h2-4,13-15H,5-6,12H2,1H3. The molecular weight excluding hydrogens is 199 g/mol. The summed E-state index contributed by atoms with van der Waals surface area (Å²) in [5.41, 5.74) is 5.12. The van der Waals surface area contributed by atoms with Gasteiger partial charge in [-0.15, -0.1) is 0 Å². The second-order valence-corrected chi connectivity index (χ2v) is 3.74. The smallest absolute Gasteiger partial charge is 0.125 e. The summed E-state index contributed by atoms with van der Waals surface area (Å²) in [6.07, 6.45) is 0. The van der Waals surface area contributed by atoms with Gasteiger partial charge in [-0.1, -0.05) is 0 Å². The zero-order valence-corrected chi connectivity index (χ0v) is 8.50. The van der Waals surface area contributed by atoms with Crippen molar-refractivity contribution >= 4 is 11.4 Å². The SMILES string of the molecule is CC(O)(CO)CNc1ccc(F)cc1N. The molecule has 4 nitrogen and oxygen atoms in total. The molecule has 0 spiro atoms. The fourth-order valence-electron chi connectivity index (χ4n) is 1.04. The van der Waals surface area contributed by atoms with E-state index in [-0.39, 0.29) is 18.8 Å². The third kappa shape index (κ3) is 3.38. The molecule has 1 aromatic rings. The third-order valence-electron chi connectivity index (χ3n) is 2.01. The molecular formula is C10H15FN2O2. The predicted molar refractivity (Wildman–Crippen MR) is 57.0 cm³/mol. The average molecular weight is 214 g/mol. The molecule has 0 aliphatic carbocycles. The number of nitrogen functional groups attached to an aromatic ring is 1. The number of anilines is 2. The topological polar surface area (TPSA) is 78.5 Å². The van der Waals surface area contributed by atoms with Gasteiger partial charge in [0.1, 0.15) is 11.4 Å². The van der Waals surface area contributed by atoms with E-state index < -0.39 is 11.4 Å². The maximum atomic E-state index is 12.7. The molecule has 0 saturated heterocycles. The van der Waals surface area contributed by atoms with Crippen LogP contribution in [0, 0.1) is 5.82 Å². The van der Waals surface area contributed by atoms with Gasteiger partial charge in [0, 0.05) is 6.54 Å². The first-order valence-corrected chi connectivity index (χ1v) is 4.57. The van der Waals surface area contributed by atoms with E-state index in [2.05, 4.69) is 5.32 Å². The number of hydrogen-bond acceptors (Lipinski definition) is 4. The summed E-state index contributed by atoms with van der Waals surface area (Å²) >= 11 is 0. The van der Waals surface area contributed by atoms with E-state index in [1.807, 2.05) is 0 Å². The molecule has 1 aromatic carbocycles. The molecule has 0 fully saturated rings. The van der Waals surface area contributed by atoms with Gasteiger partial charge in [0.2, 0.25) is 0 Å². The Kier molecular flexibility index (Phi) is 3.49. The lowest BCUT2D eigenvalue weighted by molar-refractivity contribution is 0.0132. The van der Waals surface area contributed by atoms with Gasteiger partial charge < -0.3 is 21.3 Å². The lowest BCUT2D eigenvalue weighted by Gasteiger charge is -2.21. The number of rotatable bonds is 4. The van der Waals surface area contributed by atoms with Crippen LogP contribution in [0.1, 0.15) is 6.92 Å². The van der Waals surface area contributed by atoms with Gasteiger partial charge in [0.25, 0.3) is 0 Å². The minimum absolute atomic E-state index is 0.138. The zero-order chi connectivity index (χ0) is 11.5. The van der Waals surface area contributed by atoms with Crippen LogP contribution in [0.3, 0.4) is 0 Å². The van der Waals surface area contributed by atoms with Crippen LogP contribution in [0.4, 0.5) is 15.8 Å². The monoisotopic (exact) mass is 214 g/mol. The molecule has 0 aliphatic heterocycles. The minimum atomic E-state index is -1.22. The van der Waals surface area contributed by atoms with Crippen LogP contribution in [0.25, 0.3) is 0 Å². The van der Waals surface area contributed by atoms with E-state index in [1.165, 1.54) is 25.1 Å². The van der Waals surface area contributed by atoms with Gasteiger partial charge in [0.05, 0.1) is 18.0 Å². The molecule has 5 N–H and O–H groups in total. The molecule has 0 bridgehead atoms. The van der Waals surface area contributed by atoms with Crippen molar-refractivity contribution in [2.75, 3.05) is 24.2 Å². The Bertz CT molecular complexity index is 342. The molecule has 0 heterocycles. The van der Waals surface area contributed by atoms with Crippen LogP contribution in [-0.2, 0) is 0 Å². The second kappa shape index (κ2) is 4.46. The molecule has 1 unspecified atom stereocenters. The summed E-state index contributed by atoms with van der Waals surface area (Å²) in [7, 11) is 0. The maximum Gasteiger partial charge on any atom is 0.125 e. The number of hydrogen-bond donors (Lipinski definition) is 4. The molecule has 0 saturated carbocycles. The zero-order valence-electron chi connectivity index (χ0n) is 8.50. The van der Waals surface area contributed by atoms with Crippen LogP contribution in [0.5, 0.6) is 0 Å². The Morgan fingerprint density at radius 1 is 1.53 bits per heavy atom. The Morgan fingerprint density at radius 2 is 2.20 bits per heavy atom. The summed E-state index contributed by atoms with van der Waals surface area (Å²) in [5, 5.41) is 21.1. The van der Waals surface area contributed by atoms with Crippen molar-refractivity contribution in [1.29, 1.82) is 0 Å². The number of halogens is 1. The van der Waals surface area contributed by atoms with E-state index in [0.29, 0.717) is 5.69 Å². The normalized spacial score (nSPS) is 14.7. The molecule has 0 aromatic heterocycles. The van der Waals surface area contributed by atoms with Gasteiger partial charge in [-0.25, -0.2) is 4.39 Å². The highest BCUT2D eigenvalue weighted by molar-refractivity contribution is 5.65. The molecule has 0 radical (unpaired) electrons. The van der Waals surface area contributed by atoms with Crippen molar-refractivity contribution in [2.24, 2.45) is 0 Å². The van der Waals surface area contributed by atoms with Crippen LogP contribution < -0.4 is 11.1 Å². The Balaban J connectivity index is 2.66. The van der Waals surface area contributed by atoms with Crippen molar-refractivity contribution in [1.82, 2.24) is 0 Å². The second-order valence-electron chi connectivity index (χ2n) is 3.74. The molecule has 1 rings (SSSR count). The van der Waals surface area contributed by atoms with Gasteiger partial charge in [-0.3, -0.25) is 0 Å². The lowest BCUT2D eigenvalue weighted by Crippen LogP contribution is -2.37. The van der Waals surface area contributed by atoms with E-state index in [9.17, 15) is 9.50 Å². The molecule has 0 aliphatic rings. The number of nitrogens with two attached hydrogens (primary N) is 1. The van der Waals surface area contributed by atoms with Crippen molar-refractivity contribution in [3.8, 4) is 0 Å². The quantitative estimate of drug-likeness (QED) is 0.552. The van der Waals surface area contributed by atoms with Crippen LogP contribution in [0.15, 0.2) is 18.2 Å². The first-order chi connectivity index (χ1) is 6.94. The highest BCUT2D eigenvalue weighted by atomic mass is 19.1. The molecule has 1 atom stereocenters. The summed E-state index contributed by atoms with van der Waals surface area (Å²) in [4.78, 5) is 0. The van der Waals surface area contributed by atoms with E-state index in [4.69, 9.17) is 10.8 Å². The fourth-order valence-corrected chi connectivity index (χ4v) is 1.04. The Hall–Kier alpha value is -1.33. The number of benzene rings is 1. The largest absolute Gasteiger partial charge is 0.397 e. The Labute approximate surface area is 87.5 Å². The number of nitrogens with one attached hydrogen (secondary N) is 1. The first kappa shape index (κ1) is 11.7. The Morgan fingerprint density at radius 3 is 2.73 bits per heavy atom. The molecule has 5 heteroatoms. The first-order valence-electron chi connectivity index (χ1n) is 4.57. The van der Waals surface area contributed by atoms with Crippen molar-refractivity contribution in [2.45, 2.75) is 12.5 Å². The maximum absolute atomic E-state index is 12.7. The van der Waals surface area contributed by atoms with Gasteiger partial charge in [-0.05, 0) is 25.1 Å². The highest BCUT2D eigenvalue weighted by Crippen LogP contribution is 2.19. The summed E-state index contributed by atoms with van der Waals surface area (Å²) in [6, 6.07) is 3.94. The van der Waals surface area contributed by atoms with Gasteiger partial charge in [0.15, 0.2) is 0 Å². The number of aliphatic hydroxyl groups excluding tert-OH is 1. The molecule has 15 heavy (non-hydrogen) atoms. The molecule has 84 valence electrons. The summed E-state index contributed by atoms with van der Waals surface area (Å²) in [6.45, 7) is 1.26. The van der Waals surface area contributed by atoms with Gasteiger partial charge >= 0.3 is 0 Å². The van der Waals surface area contributed by atoms with Gasteiger partial charge in [-0.2, -0.15) is 0 Å². The van der Waals surface area contributed by atoms with Crippen LogP contribution in [-0.4, -0.2) is 29.0 Å². The third-order valence-corrected chi connectivity index (χ3v) is 2.01. The van der Waals surface area contributed by atoms with E-state index >= 15 is 0 Å². The van der Waals surface area contributed by atoms with Crippen molar-refractivity contribution in [3.63, 3.8) is 0 Å². The fraction of sp³-hybridized carbons (Fsp3) is 0.400. The van der Waals surface area contributed by atoms with Crippen LogP contribution >= 0.6 is 0 Å². The number of aliphatic hydroxyl groups is 2. The van der Waals surface area contributed by atoms with Crippen molar-refractivity contribution < 1.29 is 14.6 Å². The lowest BCUT2D eigenvalue weighted by atomic mass is 10.1. The average Bonchev–Trinajstić information content (AvgIpc) is 2.16. The molecule has 0 amide bonds. The van der Waals surface area contributed by atoms with Crippen molar-refractivity contribution in [3.05, 3.63) is 24.0 Å². The van der Waals surface area contributed by atoms with E-state index in [1.54, 1.807) is 0 Å². The minimum Gasteiger partial charge on any atom is -0.397 e.